The normalized spacial score (nSPS) is 16.8. The molecule has 1 aromatic heterocycles. The number of primary amides is 1. The number of piperidine rings is 1. The van der Waals surface area contributed by atoms with E-state index in [1.54, 1.807) is 12.1 Å². The summed E-state index contributed by atoms with van der Waals surface area (Å²) in [5.74, 6) is -1.66. The van der Waals surface area contributed by atoms with E-state index in [2.05, 4.69) is 50.4 Å². The summed E-state index contributed by atoms with van der Waals surface area (Å²) in [6, 6.07) is 22.4. The lowest BCUT2D eigenvalue weighted by Crippen LogP contribution is -2.52. The number of benzene rings is 4. The van der Waals surface area contributed by atoms with E-state index < -0.39 is 11.7 Å². The Balaban J connectivity index is 0.770. The Morgan fingerprint density at radius 2 is 1.54 bits per heavy atom. The molecule has 0 aliphatic carbocycles. The number of phenolic OH excluding ortho intramolecular Hbond substituents is 2. The average molecular weight is 1030 g/mol. The van der Waals surface area contributed by atoms with Crippen molar-refractivity contribution in [3.05, 3.63) is 118 Å². The second-order valence-corrected chi connectivity index (χ2v) is 20.2. The number of ether oxygens (including phenoxy) is 1. The first-order valence-corrected chi connectivity index (χ1v) is 25.8. The van der Waals surface area contributed by atoms with Gasteiger partial charge in [0.15, 0.2) is 5.84 Å². The quantitative estimate of drug-likeness (QED) is 0.0524. The smallest absolute Gasteiger partial charge is 0.318 e. The molecule has 3 fully saturated rings. The highest BCUT2D eigenvalue weighted by Gasteiger charge is 2.33. The molecule has 4 aromatic carbocycles. The van der Waals surface area contributed by atoms with Crippen molar-refractivity contribution in [3.63, 3.8) is 0 Å². The molecule has 5 heterocycles. The zero-order valence-corrected chi connectivity index (χ0v) is 42.9. The third kappa shape index (κ3) is 11.1. The number of anilines is 3. The number of amides is 3. The number of nitrogens with two attached hydrogens (primary N) is 1. The molecule has 4 aliphatic heterocycles. The van der Waals surface area contributed by atoms with Crippen molar-refractivity contribution in [1.82, 2.24) is 29.6 Å². The monoisotopic (exact) mass is 1020 g/mol. The van der Waals surface area contributed by atoms with E-state index in [0.717, 1.165) is 102 Å². The first-order chi connectivity index (χ1) is 35.7. The number of piperazine rings is 2. The number of hydrogen-bond donors (Lipinski definition) is 5. The number of nitrogens with one attached hydrogen (secondary N) is 2. The highest BCUT2D eigenvalue weighted by Crippen LogP contribution is 2.38. The lowest BCUT2D eigenvalue weighted by molar-refractivity contribution is -0.139. The summed E-state index contributed by atoms with van der Waals surface area (Å²) in [6.45, 7) is 17.1. The number of halogens is 1. The van der Waals surface area contributed by atoms with Crippen molar-refractivity contribution >= 4 is 69.0 Å². The van der Waals surface area contributed by atoms with Crippen LogP contribution in [0, 0.1) is 16.7 Å². The minimum Gasteiger partial charge on any atom is -0.508 e. The van der Waals surface area contributed by atoms with E-state index in [1.165, 1.54) is 12.1 Å². The summed E-state index contributed by atoms with van der Waals surface area (Å²) in [5.41, 5.74) is 10.5. The van der Waals surface area contributed by atoms with Crippen molar-refractivity contribution in [2.75, 3.05) is 99.8 Å². The molecule has 19 heteroatoms. The molecule has 6 N–H and O–H groups in total. The standard InChI is InChI=1S/C55H65ClN12O6/c1-4-48(71)64-25-27-65(28-26-64)53-40-17-20-67(45-10-6-8-37-7-5-9-43(56)49(37)45)34-44(40)60-55(61-53)74-30-29-62-21-23-66(24-22-62)54(73)38-15-18-63(19-16-38)33-36-11-13-39(14-12-36)68(51(58)52(59)72)50(57)42-31-41(35(2)3)46(69)32-47(42)70/h4-14,31-32,35,38,57-58,69-70H,1,15-30,33-34H2,2-3H3,(H2,59,72). The molecule has 3 saturated heterocycles. The van der Waals surface area contributed by atoms with Gasteiger partial charge in [0.1, 0.15) is 29.8 Å². The van der Waals surface area contributed by atoms with Crippen LogP contribution in [0.1, 0.15) is 60.6 Å². The van der Waals surface area contributed by atoms with E-state index in [-0.39, 0.29) is 46.5 Å². The first kappa shape index (κ1) is 51.6. The topological polar surface area (TPSA) is 223 Å². The Labute approximate surface area is 436 Å². The van der Waals surface area contributed by atoms with Gasteiger partial charge in [-0.15, -0.1) is 0 Å². The number of hydrogen-bond acceptors (Lipinski definition) is 14. The predicted molar refractivity (Wildman–Crippen MR) is 288 cm³/mol. The molecule has 0 radical (unpaired) electrons. The Morgan fingerprint density at radius 1 is 0.851 bits per heavy atom. The van der Waals surface area contributed by atoms with Crippen LogP contribution in [-0.4, -0.2) is 154 Å². The van der Waals surface area contributed by atoms with Crippen molar-refractivity contribution < 1.29 is 29.3 Å². The molecule has 18 nitrogen and oxygen atoms in total. The molecule has 388 valence electrons. The van der Waals surface area contributed by atoms with Gasteiger partial charge in [-0.2, -0.15) is 9.97 Å². The summed E-state index contributed by atoms with van der Waals surface area (Å²) in [6.07, 6.45) is 3.61. The molecule has 0 bridgehead atoms. The number of aromatic hydroxyl groups is 2. The van der Waals surface area contributed by atoms with Crippen LogP contribution in [0.2, 0.25) is 5.02 Å². The molecule has 0 spiro atoms. The molecule has 3 amide bonds. The molecule has 0 unspecified atom stereocenters. The van der Waals surface area contributed by atoms with Crippen molar-refractivity contribution in [2.45, 2.75) is 52.1 Å². The van der Waals surface area contributed by atoms with Crippen LogP contribution >= 0.6 is 11.6 Å². The minimum absolute atomic E-state index is 0.0439. The zero-order chi connectivity index (χ0) is 52.2. The van der Waals surface area contributed by atoms with E-state index >= 15 is 0 Å². The van der Waals surface area contributed by atoms with Gasteiger partial charge in [0.05, 0.1) is 22.8 Å². The average Bonchev–Trinajstić information content (AvgIpc) is 3.41. The number of phenols is 2. The minimum atomic E-state index is -1.04. The summed E-state index contributed by atoms with van der Waals surface area (Å²) >= 11 is 6.77. The lowest BCUT2D eigenvalue weighted by Gasteiger charge is -2.38. The molecular formula is C55H65ClN12O6. The third-order valence-corrected chi connectivity index (χ3v) is 15.1. The number of carbonyl (C=O) groups is 3. The highest BCUT2D eigenvalue weighted by molar-refractivity contribution is 6.47. The van der Waals surface area contributed by atoms with Crippen molar-refractivity contribution in [1.29, 1.82) is 10.8 Å². The number of amidine groups is 2. The van der Waals surface area contributed by atoms with Gasteiger partial charge < -0.3 is 40.3 Å². The van der Waals surface area contributed by atoms with Crippen molar-refractivity contribution in [2.24, 2.45) is 11.7 Å². The van der Waals surface area contributed by atoms with Gasteiger partial charge in [-0.25, -0.2) is 0 Å². The van der Waals surface area contributed by atoms with Crippen LogP contribution in [0.3, 0.4) is 0 Å². The molecule has 0 atom stereocenters. The summed E-state index contributed by atoms with van der Waals surface area (Å²) < 4.78 is 6.37. The largest absolute Gasteiger partial charge is 0.508 e. The van der Waals surface area contributed by atoms with Crippen LogP contribution in [0.4, 0.5) is 17.2 Å². The van der Waals surface area contributed by atoms with Gasteiger partial charge >= 0.3 is 6.01 Å². The highest BCUT2D eigenvalue weighted by atomic mass is 35.5. The van der Waals surface area contributed by atoms with Crippen LogP contribution in [0.25, 0.3) is 10.8 Å². The van der Waals surface area contributed by atoms with Crippen LogP contribution in [0.5, 0.6) is 17.5 Å². The van der Waals surface area contributed by atoms with Gasteiger partial charge in [-0.05, 0) is 91.2 Å². The van der Waals surface area contributed by atoms with E-state index in [1.807, 2.05) is 47.9 Å². The second-order valence-electron chi connectivity index (χ2n) is 19.8. The summed E-state index contributed by atoms with van der Waals surface area (Å²) in [5, 5.41) is 41.2. The fourth-order valence-corrected chi connectivity index (χ4v) is 10.9. The second kappa shape index (κ2) is 22.5. The molecule has 9 rings (SSSR count). The molecule has 4 aliphatic rings. The predicted octanol–water partition coefficient (Wildman–Crippen LogP) is 5.94. The maximum Gasteiger partial charge on any atom is 0.318 e. The maximum absolute atomic E-state index is 13.8. The number of nitrogens with zero attached hydrogens (tertiary/aromatic N) is 9. The number of aromatic nitrogens is 2. The fraction of sp³-hybridized carbons (Fsp3) is 0.400. The number of carbonyl (C=O) groups excluding carboxylic acids is 3. The van der Waals surface area contributed by atoms with Gasteiger partial charge in [0.2, 0.25) is 11.8 Å². The van der Waals surface area contributed by atoms with Gasteiger partial charge in [-0.3, -0.25) is 39.9 Å². The molecule has 74 heavy (non-hydrogen) atoms. The molecule has 0 saturated carbocycles. The first-order valence-electron chi connectivity index (χ1n) is 25.4. The SMILES string of the molecule is C=CC(=O)N1CCN(c2nc(OCCN3CCN(C(=O)C4CCN(Cc5ccc(N(C(=N)C(N)=O)C(=N)c6cc(C(C)C)c(O)cc6O)cc5)CC4)CC3)nc3c2CCN(c2cccc4cccc(Cl)c24)C3)CC1. The van der Waals surface area contributed by atoms with Crippen LogP contribution in [-0.2, 0) is 33.9 Å². The Kier molecular flexibility index (Phi) is 15.7. The number of rotatable bonds is 13. The summed E-state index contributed by atoms with van der Waals surface area (Å²) in [7, 11) is 0. The zero-order valence-electron chi connectivity index (χ0n) is 42.1. The summed E-state index contributed by atoms with van der Waals surface area (Å²) in [4.78, 5) is 62.6. The Hall–Kier alpha value is -7.28. The van der Waals surface area contributed by atoms with Gasteiger partial charge in [0, 0.05) is 106 Å². The molecular weight excluding hydrogens is 960 g/mol. The number of likely N-dealkylation sites (tertiary alicyclic amines) is 1. The van der Waals surface area contributed by atoms with Gasteiger partial charge in [-0.1, -0.05) is 68.4 Å². The fourth-order valence-electron chi connectivity index (χ4n) is 10.6. The van der Waals surface area contributed by atoms with Crippen LogP contribution in [0.15, 0.2) is 85.5 Å². The van der Waals surface area contributed by atoms with E-state index in [0.29, 0.717) is 87.8 Å². The maximum atomic E-state index is 13.8. The van der Waals surface area contributed by atoms with Crippen LogP contribution < -0.4 is 25.2 Å². The number of fused-ring (bicyclic) bond motifs is 2. The van der Waals surface area contributed by atoms with E-state index in [9.17, 15) is 24.6 Å². The lowest BCUT2D eigenvalue weighted by atomic mass is 9.94. The Bertz CT molecular complexity index is 2940. The third-order valence-electron chi connectivity index (χ3n) is 14.8. The van der Waals surface area contributed by atoms with E-state index in [4.69, 9.17) is 42.9 Å². The molecule has 5 aromatic rings. The van der Waals surface area contributed by atoms with Gasteiger partial charge in [0.25, 0.3) is 5.91 Å². The Morgan fingerprint density at radius 3 is 2.22 bits per heavy atom. The van der Waals surface area contributed by atoms with Crippen molar-refractivity contribution in [3.8, 4) is 17.5 Å².